The molecule has 0 aromatic rings. The zero-order chi connectivity index (χ0) is 24.4. The lowest BCUT2D eigenvalue weighted by Gasteiger charge is -2.29. The maximum absolute atomic E-state index is 2.45. The SMILES string of the molecule is CCCC1([PH2+]C2(CCC)C=CC=C2)C=CC=C1.CCCC1([PH2+]C2(CCC)C=CC=C2)C=CC=C1.[Cl-].[Cl-]. The molecule has 0 saturated carbocycles. The van der Waals surface area contributed by atoms with E-state index in [-0.39, 0.29) is 24.8 Å². The average molecular weight is 566 g/mol. The van der Waals surface area contributed by atoms with Crippen molar-refractivity contribution in [2.75, 3.05) is 0 Å². The van der Waals surface area contributed by atoms with Gasteiger partial charge in [0.1, 0.15) is 20.6 Å². The predicted octanol–water partition coefficient (Wildman–Crippen LogP) is 3.46. The number of hydrogen-bond acceptors (Lipinski definition) is 0. The Balaban J connectivity index is 0.000000341. The second kappa shape index (κ2) is 15.7. The molecule has 36 heavy (non-hydrogen) atoms. The van der Waals surface area contributed by atoms with E-state index in [9.17, 15) is 0 Å². The van der Waals surface area contributed by atoms with E-state index >= 15 is 0 Å². The van der Waals surface area contributed by atoms with Crippen LogP contribution in [0, 0.1) is 0 Å². The topological polar surface area (TPSA) is 0 Å². The van der Waals surface area contributed by atoms with Crippen LogP contribution in [-0.2, 0) is 0 Å². The summed E-state index contributed by atoms with van der Waals surface area (Å²) in [5, 5.41) is 1.57. The fraction of sp³-hybridized carbons (Fsp3) is 0.500. The molecule has 0 bridgehead atoms. The molecule has 4 rings (SSSR count). The van der Waals surface area contributed by atoms with Gasteiger partial charge in [-0.25, -0.2) is 0 Å². The van der Waals surface area contributed by atoms with Crippen LogP contribution in [0.3, 0.4) is 0 Å². The quantitative estimate of drug-likeness (QED) is 0.318. The number of allylic oxidation sites excluding steroid dienone is 16. The van der Waals surface area contributed by atoms with Gasteiger partial charge in [-0.15, -0.1) is 0 Å². The van der Waals surface area contributed by atoms with Gasteiger partial charge in [0.25, 0.3) is 0 Å². The molecule has 0 unspecified atom stereocenters. The van der Waals surface area contributed by atoms with E-state index < -0.39 is 0 Å². The highest BCUT2D eigenvalue weighted by molar-refractivity contribution is 7.43. The summed E-state index contributed by atoms with van der Waals surface area (Å²) in [5.41, 5.74) is 0. The molecule has 4 aliphatic rings. The number of rotatable bonds is 12. The summed E-state index contributed by atoms with van der Waals surface area (Å²) in [6, 6.07) is 0. The van der Waals surface area contributed by atoms with Gasteiger partial charge >= 0.3 is 0 Å². The van der Waals surface area contributed by atoms with E-state index in [0.29, 0.717) is 37.8 Å². The Bertz CT molecular complexity index is 707. The van der Waals surface area contributed by atoms with E-state index in [1.54, 1.807) is 0 Å². The van der Waals surface area contributed by atoms with Crippen LogP contribution in [-0.4, -0.2) is 20.6 Å². The van der Waals surface area contributed by atoms with Crippen molar-refractivity contribution in [1.29, 1.82) is 0 Å². The van der Waals surface area contributed by atoms with Gasteiger partial charge in [-0.3, -0.25) is 0 Å². The van der Waals surface area contributed by atoms with Crippen LogP contribution in [0.25, 0.3) is 0 Å². The molecule has 0 aromatic heterocycles. The molecule has 0 radical (unpaired) electrons. The van der Waals surface area contributed by atoms with E-state index in [1.165, 1.54) is 51.4 Å². The molecule has 4 heteroatoms. The van der Waals surface area contributed by atoms with Gasteiger partial charge in [-0.2, -0.15) is 0 Å². The molecule has 0 atom stereocenters. The molecule has 0 saturated heterocycles. The lowest BCUT2D eigenvalue weighted by molar-refractivity contribution is -0.001000. The van der Waals surface area contributed by atoms with Crippen molar-refractivity contribution in [2.45, 2.75) is 99.7 Å². The molecule has 0 spiro atoms. The summed E-state index contributed by atoms with van der Waals surface area (Å²) in [6.07, 6.45) is 47.8. The zero-order valence-corrected chi connectivity index (χ0v) is 26.6. The van der Waals surface area contributed by atoms with Crippen molar-refractivity contribution in [3.05, 3.63) is 97.2 Å². The summed E-state index contributed by atoms with van der Waals surface area (Å²) >= 11 is 0. The molecule has 0 N–H and O–H groups in total. The first-order chi connectivity index (χ1) is 16.5. The Morgan fingerprint density at radius 2 is 0.528 bits per heavy atom. The molecule has 4 aliphatic carbocycles. The summed E-state index contributed by atoms with van der Waals surface area (Å²) in [5.74, 6) is 0. The average Bonchev–Trinajstić information content (AvgIpc) is 3.61. The fourth-order valence-electron chi connectivity index (χ4n) is 6.17. The highest BCUT2D eigenvalue weighted by Gasteiger charge is 2.43. The molecule has 0 amide bonds. The monoisotopic (exact) mass is 564 g/mol. The molecule has 0 fully saturated rings. The van der Waals surface area contributed by atoms with Gasteiger partial charge < -0.3 is 24.8 Å². The first-order valence-electron chi connectivity index (χ1n) is 13.7. The van der Waals surface area contributed by atoms with Crippen molar-refractivity contribution in [3.8, 4) is 0 Å². The van der Waals surface area contributed by atoms with Gasteiger partial charge in [0.2, 0.25) is 0 Å². The van der Waals surface area contributed by atoms with Crippen LogP contribution in [0.5, 0.6) is 0 Å². The Morgan fingerprint density at radius 1 is 0.361 bits per heavy atom. The van der Waals surface area contributed by atoms with Gasteiger partial charge in [0.05, 0.1) is 0 Å². The van der Waals surface area contributed by atoms with E-state index in [0.717, 1.165) is 0 Å². The van der Waals surface area contributed by atoms with Crippen LogP contribution in [0.15, 0.2) is 97.2 Å². The zero-order valence-electron chi connectivity index (χ0n) is 22.8. The first-order valence-corrected chi connectivity index (χ1v) is 16.0. The largest absolute Gasteiger partial charge is 1.00 e. The third-order valence-corrected chi connectivity index (χ3v) is 12.3. The van der Waals surface area contributed by atoms with Gasteiger partial charge in [0.15, 0.2) is 0 Å². The van der Waals surface area contributed by atoms with E-state index in [1.807, 2.05) is 0 Å². The minimum absolute atomic E-state index is 0. The maximum Gasteiger partial charge on any atom is 0.113 e. The third kappa shape index (κ3) is 8.70. The Hall–Kier alpha value is -0.640. The maximum atomic E-state index is 2.45. The summed E-state index contributed by atoms with van der Waals surface area (Å²) in [6.45, 7) is 9.20. The van der Waals surface area contributed by atoms with Crippen LogP contribution in [0.1, 0.15) is 79.1 Å². The summed E-state index contributed by atoms with van der Waals surface area (Å²) in [4.78, 5) is 0. The molecule has 0 aromatic carbocycles. The normalized spacial score (nSPS) is 21.4. The Labute approximate surface area is 238 Å². The van der Waals surface area contributed by atoms with Crippen LogP contribution < -0.4 is 24.8 Å². The van der Waals surface area contributed by atoms with Crippen LogP contribution in [0.4, 0.5) is 0 Å². The van der Waals surface area contributed by atoms with Crippen LogP contribution in [0.2, 0.25) is 0 Å². The minimum atomic E-state index is 0. The highest BCUT2D eigenvalue weighted by atomic mass is 35.5. The Morgan fingerprint density at radius 3 is 0.667 bits per heavy atom. The molecule has 0 aliphatic heterocycles. The van der Waals surface area contributed by atoms with Crippen molar-refractivity contribution in [1.82, 2.24) is 0 Å². The third-order valence-electron chi connectivity index (χ3n) is 7.50. The summed E-state index contributed by atoms with van der Waals surface area (Å²) < 4.78 is 0. The predicted molar refractivity (Wildman–Crippen MR) is 163 cm³/mol. The van der Waals surface area contributed by atoms with Crippen molar-refractivity contribution in [2.24, 2.45) is 0 Å². The molecular formula is C32H48Cl2P2. The van der Waals surface area contributed by atoms with Gasteiger partial charge in [0, 0.05) is 17.2 Å². The molecule has 0 nitrogen and oxygen atoms in total. The van der Waals surface area contributed by atoms with Gasteiger partial charge in [-0.1, -0.05) is 102 Å². The number of halogens is 2. The second-order valence-electron chi connectivity index (χ2n) is 10.6. The molecule has 200 valence electrons. The fourth-order valence-corrected chi connectivity index (χ4v) is 11.6. The highest BCUT2D eigenvalue weighted by Crippen LogP contribution is 2.55. The van der Waals surface area contributed by atoms with Crippen molar-refractivity contribution in [3.63, 3.8) is 0 Å². The lowest BCUT2D eigenvalue weighted by Crippen LogP contribution is -3.00. The second-order valence-corrected chi connectivity index (χ2v) is 15.5. The van der Waals surface area contributed by atoms with E-state index in [2.05, 4.69) is 125 Å². The minimum Gasteiger partial charge on any atom is -1.00 e. The first kappa shape index (κ1) is 33.4. The van der Waals surface area contributed by atoms with Gasteiger partial charge in [-0.05, 0) is 74.3 Å². The molecular weight excluding hydrogens is 517 g/mol. The van der Waals surface area contributed by atoms with Crippen molar-refractivity contribution >= 4 is 17.2 Å². The van der Waals surface area contributed by atoms with E-state index in [4.69, 9.17) is 0 Å². The molecule has 0 heterocycles. The lowest BCUT2D eigenvalue weighted by atomic mass is 10.0. The van der Waals surface area contributed by atoms with Crippen LogP contribution >= 0.6 is 17.2 Å². The number of hydrogen-bond donors (Lipinski definition) is 0. The smallest absolute Gasteiger partial charge is 0.113 e. The Kier molecular flexibility index (Phi) is 14.6. The standard InChI is InChI=1S/2C16H23P.2ClH/c2*1-3-9-15(11-5-6-12-15)17-16(10-4-2)13-7-8-14-16;;/h2*5-8,11-14,17H,3-4,9-10H2,1-2H3;2*1H. The van der Waals surface area contributed by atoms with Crippen molar-refractivity contribution < 1.29 is 24.8 Å². The summed E-state index contributed by atoms with van der Waals surface area (Å²) in [7, 11) is 0.728.